The minimum atomic E-state index is 0.350. The lowest BCUT2D eigenvalue weighted by Gasteiger charge is -1.92. The van der Waals surface area contributed by atoms with Crippen LogP contribution in [-0.2, 0) is 9.53 Å². The van der Waals surface area contributed by atoms with Crippen molar-refractivity contribution >= 4 is 6.47 Å². The summed E-state index contributed by atoms with van der Waals surface area (Å²) < 4.78 is 4.32. The summed E-state index contributed by atoms with van der Waals surface area (Å²) in [6.07, 6.45) is 2.87. The van der Waals surface area contributed by atoms with Crippen LogP contribution in [-0.4, -0.2) is 13.1 Å². The van der Waals surface area contributed by atoms with Crippen LogP contribution >= 0.6 is 0 Å². The Balaban J connectivity index is 3.31. The molecule has 0 aliphatic rings. The van der Waals surface area contributed by atoms with Gasteiger partial charge >= 0.3 is 6.47 Å². The molecule has 0 aliphatic heterocycles. The summed E-state index contributed by atoms with van der Waals surface area (Å²) in [7, 11) is 0. The highest BCUT2D eigenvalue weighted by Crippen LogP contribution is 1.95. The van der Waals surface area contributed by atoms with E-state index in [0.717, 1.165) is 6.42 Å². The fourth-order valence-electron chi connectivity index (χ4n) is 0.362. The number of rotatable bonds is 4. The first-order chi connectivity index (χ1) is 4.31. The van der Waals surface area contributed by atoms with E-state index in [2.05, 4.69) is 11.7 Å². The Kier molecular flexibility index (Phi) is 4.88. The van der Waals surface area contributed by atoms with Gasteiger partial charge in [-0.15, -0.1) is 0 Å². The first kappa shape index (κ1) is 8.21. The van der Waals surface area contributed by atoms with E-state index in [1.54, 1.807) is 0 Å². The quantitative estimate of drug-likeness (QED) is 0.421. The Hall–Kier alpha value is -0.790. The summed E-state index contributed by atoms with van der Waals surface area (Å²) in [6.45, 7) is 5.75. The van der Waals surface area contributed by atoms with Gasteiger partial charge in [-0.1, -0.05) is 12.5 Å². The summed E-state index contributed by atoms with van der Waals surface area (Å²) in [5, 5.41) is 0. The Bertz CT molecular complexity index is 105. The van der Waals surface area contributed by atoms with E-state index in [4.69, 9.17) is 0 Å². The monoisotopic (exact) mass is 127 g/mol. The van der Waals surface area contributed by atoms with Crippen LogP contribution in [0.2, 0.25) is 0 Å². The first-order valence-corrected chi connectivity index (χ1v) is 2.95. The third kappa shape index (κ3) is 5.07. The molecule has 0 saturated heterocycles. The fourth-order valence-corrected chi connectivity index (χ4v) is 0.362. The topological polar surface area (TPSA) is 26.3 Å². The molecule has 0 fully saturated rings. The van der Waals surface area contributed by atoms with Gasteiger partial charge in [0.1, 0.15) is 6.61 Å². The predicted octanol–water partition coefficient (Wildman–Crippen LogP) is 1.43. The van der Waals surface area contributed by atoms with Crippen molar-refractivity contribution in [2.24, 2.45) is 0 Å². The zero-order valence-electron chi connectivity index (χ0n) is 5.81. The highest BCUT2D eigenvalue weighted by Gasteiger charge is 1.82. The predicted molar refractivity (Wildman–Crippen MR) is 35.7 cm³/mol. The van der Waals surface area contributed by atoms with E-state index in [9.17, 15) is 4.79 Å². The van der Waals surface area contributed by atoms with Crippen molar-refractivity contribution in [3.63, 3.8) is 0 Å². The van der Waals surface area contributed by atoms with Crippen LogP contribution in [0.5, 0.6) is 0 Å². The maximum atomic E-state index is 9.50. The maximum Gasteiger partial charge on any atom is 0.417 e. The molecule has 0 aliphatic carbocycles. The van der Waals surface area contributed by atoms with Gasteiger partial charge < -0.3 is 4.74 Å². The van der Waals surface area contributed by atoms with Crippen LogP contribution in [0.3, 0.4) is 0 Å². The van der Waals surface area contributed by atoms with Crippen molar-refractivity contribution in [1.82, 2.24) is 0 Å². The molecule has 0 unspecified atom stereocenters. The Labute approximate surface area is 55.5 Å². The fraction of sp³-hybridized carbons (Fsp3) is 0.571. The lowest BCUT2D eigenvalue weighted by molar-refractivity contribution is 0.313. The van der Waals surface area contributed by atoms with Gasteiger partial charge in [0.2, 0.25) is 0 Å². The maximum absolute atomic E-state index is 9.50. The second-order valence-electron chi connectivity index (χ2n) is 1.80. The van der Waals surface area contributed by atoms with Crippen molar-refractivity contribution < 1.29 is 9.53 Å². The Morgan fingerprint density at radius 2 is 2.44 bits per heavy atom. The third-order valence-corrected chi connectivity index (χ3v) is 1.13. The highest BCUT2D eigenvalue weighted by molar-refractivity contribution is 5.38. The van der Waals surface area contributed by atoms with Gasteiger partial charge in [0, 0.05) is 0 Å². The zero-order valence-corrected chi connectivity index (χ0v) is 5.81. The second-order valence-corrected chi connectivity index (χ2v) is 1.80. The smallest absolute Gasteiger partial charge is 0.417 e. The van der Waals surface area contributed by atoms with Gasteiger partial charge in [-0.3, -0.25) is 0 Å². The molecule has 2 heteroatoms. The Morgan fingerprint density at radius 3 is 2.89 bits per heavy atom. The standard InChI is InChI=1S/C7H11O2/c1-3-7(2)4-5-9-6-8/h4H,3,5H2,1-2H3/b7-4+. The zero-order chi connectivity index (χ0) is 7.11. The first-order valence-electron chi connectivity index (χ1n) is 2.95. The van der Waals surface area contributed by atoms with E-state index in [1.807, 2.05) is 13.0 Å². The van der Waals surface area contributed by atoms with Crippen LogP contribution in [0.15, 0.2) is 11.6 Å². The van der Waals surface area contributed by atoms with Gasteiger partial charge in [0.15, 0.2) is 0 Å². The van der Waals surface area contributed by atoms with E-state index in [0.29, 0.717) is 6.61 Å². The molecule has 1 radical (unpaired) electrons. The molecule has 9 heavy (non-hydrogen) atoms. The summed E-state index contributed by atoms with van der Waals surface area (Å²) in [5.41, 5.74) is 1.23. The molecule has 0 spiro atoms. The lowest BCUT2D eigenvalue weighted by atomic mass is 10.2. The minimum absolute atomic E-state index is 0.350. The molecule has 0 rings (SSSR count). The van der Waals surface area contributed by atoms with E-state index < -0.39 is 0 Å². The molecule has 0 saturated carbocycles. The average molecular weight is 127 g/mol. The van der Waals surface area contributed by atoms with Crippen LogP contribution in [0.4, 0.5) is 0 Å². The van der Waals surface area contributed by atoms with Gasteiger partial charge in [-0.05, 0) is 19.4 Å². The van der Waals surface area contributed by atoms with Crippen molar-refractivity contribution in [2.45, 2.75) is 20.3 Å². The van der Waals surface area contributed by atoms with Crippen LogP contribution in [0.25, 0.3) is 0 Å². The molecule has 0 aromatic heterocycles. The molecule has 0 N–H and O–H groups in total. The van der Waals surface area contributed by atoms with Gasteiger partial charge in [0.25, 0.3) is 0 Å². The number of ether oxygens (including phenoxy) is 1. The normalized spacial score (nSPS) is 11.1. The van der Waals surface area contributed by atoms with Gasteiger partial charge in [0.05, 0.1) is 0 Å². The number of allylic oxidation sites excluding steroid dienone is 1. The van der Waals surface area contributed by atoms with E-state index >= 15 is 0 Å². The van der Waals surface area contributed by atoms with Crippen molar-refractivity contribution in [1.29, 1.82) is 0 Å². The average Bonchev–Trinajstić information content (AvgIpc) is 1.89. The molecule has 0 amide bonds. The summed E-state index contributed by atoms with van der Waals surface area (Å²) >= 11 is 0. The molecule has 0 atom stereocenters. The van der Waals surface area contributed by atoms with Gasteiger partial charge in [-0.25, -0.2) is 4.79 Å². The molecule has 2 nitrogen and oxygen atoms in total. The molecule has 0 aromatic rings. The van der Waals surface area contributed by atoms with Crippen LogP contribution < -0.4 is 0 Å². The van der Waals surface area contributed by atoms with Crippen molar-refractivity contribution in [2.75, 3.05) is 6.61 Å². The molecule has 0 aromatic carbocycles. The van der Waals surface area contributed by atoms with E-state index in [1.165, 1.54) is 12.0 Å². The summed E-state index contributed by atoms with van der Waals surface area (Å²) in [4.78, 5) is 9.50. The van der Waals surface area contributed by atoms with Crippen molar-refractivity contribution in [3.8, 4) is 0 Å². The summed E-state index contributed by atoms with van der Waals surface area (Å²) in [6, 6.07) is 0. The van der Waals surface area contributed by atoms with Gasteiger partial charge in [-0.2, -0.15) is 0 Å². The summed E-state index contributed by atoms with van der Waals surface area (Å²) in [5.74, 6) is 0. The van der Waals surface area contributed by atoms with Crippen LogP contribution in [0, 0.1) is 0 Å². The number of hydrogen-bond acceptors (Lipinski definition) is 2. The second kappa shape index (κ2) is 5.35. The molecular formula is C7H11O2. The molecule has 0 heterocycles. The third-order valence-electron chi connectivity index (χ3n) is 1.13. The van der Waals surface area contributed by atoms with Crippen LogP contribution in [0.1, 0.15) is 20.3 Å². The molecule has 0 bridgehead atoms. The SMILES string of the molecule is CC/C(C)=C/CO[C]=O. The Morgan fingerprint density at radius 1 is 1.78 bits per heavy atom. The lowest BCUT2D eigenvalue weighted by Crippen LogP contribution is -1.87. The minimum Gasteiger partial charge on any atom is -0.453 e. The van der Waals surface area contributed by atoms with Crippen molar-refractivity contribution in [3.05, 3.63) is 11.6 Å². The molecule has 51 valence electrons. The number of carbonyl (C=O) groups excluding carboxylic acids is 1. The molecular weight excluding hydrogens is 116 g/mol. The largest absolute Gasteiger partial charge is 0.453 e. The highest BCUT2D eigenvalue weighted by atomic mass is 16.5. The van der Waals surface area contributed by atoms with E-state index in [-0.39, 0.29) is 0 Å². The number of hydrogen-bond donors (Lipinski definition) is 0.